The maximum Gasteiger partial charge on any atom is 0.266 e. The number of nitrogens with zero attached hydrogens (tertiary/aromatic N) is 2. The number of halogens is 1. The number of amides is 2. The van der Waals surface area contributed by atoms with Gasteiger partial charge in [0.2, 0.25) is 5.91 Å². The van der Waals surface area contributed by atoms with Gasteiger partial charge in [0.15, 0.2) is 0 Å². The predicted octanol–water partition coefficient (Wildman–Crippen LogP) is 5.06. The monoisotopic (exact) mass is 472 g/mol. The van der Waals surface area contributed by atoms with Crippen LogP contribution in [0.1, 0.15) is 16.9 Å². The number of anilines is 1. The van der Waals surface area contributed by atoms with Gasteiger partial charge in [-0.15, -0.1) is 0 Å². The standard InChI is InChI=1S/C26H21ClN4O3/c1-17-8-9-20(12-23(17)27)30-26(33)18(13-28)11-19-15-31(24-7-3-2-6-22(19)24)16-25(32)29-14-21-5-4-10-34-21/h2-12,15H,14,16H2,1H3,(H,29,32)(H,30,33). The lowest BCUT2D eigenvalue weighted by atomic mass is 10.1. The minimum atomic E-state index is -0.546. The van der Waals surface area contributed by atoms with E-state index >= 15 is 0 Å². The number of nitriles is 1. The number of carbonyl (C=O) groups is 2. The summed E-state index contributed by atoms with van der Waals surface area (Å²) in [7, 11) is 0. The van der Waals surface area contributed by atoms with E-state index in [2.05, 4.69) is 10.6 Å². The van der Waals surface area contributed by atoms with E-state index in [0.29, 0.717) is 28.6 Å². The SMILES string of the molecule is Cc1ccc(NC(=O)C(C#N)=Cc2cn(CC(=O)NCc3ccco3)c3ccccc23)cc1Cl. The van der Waals surface area contributed by atoms with E-state index in [1.807, 2.05) is 37.3 Å². The summed E-state index contributed by atoms with van der Waals surface area (Å²) in [6.45, 7) is 2.23. The molecule has 4 rings (SSSR count). The highest BCUT2D eigenvalue weighted by Crippen LogP contribution is 2.25. The number of nitrogens with one attached hydrogen (secondary N) is 2. The number of aryl methyl sites for hydroxylation is 1. The lowest BCUT2D eigenvalue weighted by Crippen LogP contribution is -2.26. The van der Waals surface area contributed by atoms with Gasteiger partial charge in [0.1, 0.15) is 23.9 Å². The van der Waals surface area contributed by atoms with E-state index in [1.165, 1.54) is 6.08 Å². The molecule has 8 heteroatoms. The zero-order chi connectivity index (χ0) is 24.1. The average Bonchev–Trinajstić information content (AvgIpc) is 3.47. The molecule has 2 aromatic carbocycles. The number of rotatable bonds is 7. The number of fused-ring (bicyclic) bond motifs is 1. The highest BCUT2D eigenvalue weighted by atomic mass is 35.5. The van der Waals surface area contributed by atoms with Crippen LogP contribution in [0.5, 0.6) is 0 Å². The predicted molar refractivity (Wildman–Crippen MR) is 131 cm³/mol. The molecule has 0 bridgehead atoms. The number of hydrogen-bond acceptors (Lipinski definition) is 4. The van der Waals surface area contributed by atoms with E-state index in [-0.39, 0.29) is 18.0 Å². The van der Waals surface area contributed by atoms with Gasteiger partial charge in [0.25, 0.3) is 5.91 Å². The first kappa shape index (κ1) is 22.9. The zero-order valence-corrected chi connectivity index (χ0v) is 19.1. The van der Waals surface area contributed by atoms with Crippen molar-refractivity contribution in [1.29, 1.82) is 5.26 Å². The number of furan rings is 1. The molecule has 2 N–H and O–H groups in total. The molecular formula is C26H21ClN4O3. The molecule has 0 saturated carbocycles. The molecule has 0 unspecified atom stereocenters. The van der Waals surface area contributed by atoms with Gasteiger partial charge in [0.05, 0.1) is 12.8 Å². The maximum atomic E-state index is 12.7. The summed E-state index contributed by atoms with van der Waals surface area (Å²) in [6, 6.07) is 18.2. The fraction of sp³-hybridized carbons (Fsp3) is 0.115. The summed E-state index contributed by atoms with van der Waals surface area (Å²) in [5, 5.41) is 16.5. The molecule has 0 aliphatic heterocycles. The first-order chi connectivity index (χ1) is 16.4. The van der Waals surface area contributed by atoms with Gasteiger partial charge >= 0.3 is 0 Å². The van der Waals surface area contributed by atoms with Gasteiger partial charge in [-0.1, -0.05) is 35.9 Å². The second kappa shape index (κ2) is 10.1. The third-order valence-corrected chi connectivity index (χ3v) is 5.68. The quantitative estimate of drug-likeness (QED) is 0.290. The molecule has 170 valence electrons. The van der Waals surface area contributed by atoms with Crippen LogP contribution in [0.2, 0.25) is 5.02 Å². The topological polar surface area (TPSA) is 100 Å². The van der Waals surface area contributed by atoms with Gasteiger partial charge in [-0.05, 0) is 48.9 Å². The van der Waals surface area contributed by atoms with Gasteiger partial charge in [0, 0.05) is 33.4 Å². The molecule has 2 aromatic heterocycles. The molecule has 2 heterocycles. The normalized spacial score (nSPS) is 11.3. The van der Waals surface area contributed by atoms with Crippen molar-refractivity contribution in [2.24, 2.45) is 0 Å². The molecule has 0 saturated heterocycles. The molecule has 4 aromatic rings. The van der Waals surface area contributed by atoms with Crippen molar-refractivity contribution < 1.29 is 14.0 Å². The second-order valence-corrected chi connectivity index (χ2v) is 8.08. The van der Waals surface area contributed by atoms with Crippen LogP contribution in [0.3, 0.4) is 0 Å². The van der Waals surface area contributed by atoms with Crippen molar-refractivity contribution in [3.8, 4) is 6.07 Å². The number of benzene rings is 2. The Morgan fingerprint density at radius 1 is 1.18 bits per heavy atom. The van der Waals surface area contributed by atoms with E-state index in [9.17, 15) is 14.9 Å². The minimum absolute atomic E-state index is 0.0677. The van der Waals surface area contributed by atoms with Crippen LogP contribution in [0, 0.1) is 18.3 Å². The van der Waals surface area contributed by atoms with Crippen LogP contribution < -0.4 is 10.6 Å². The van der Waals surface area contributed by atoms with Crippen LogP contribution in [0.4, 0.5) is 5.69 Å². The van der Waals surface area contributed by atoms with Gasteiger partial charge in [-0.2, -0.15) is 5.26 Å². The van der Waals surface area contributed by atoms with Crippen molar-refractivity contribution in [3.05, 3.63) is 94.5 Å². The molecule has 0 radical (unpaired) electrons. The summed E-state index contributed by atoms with van der Waals surface area (Å²) < 4.78 is 7.02. The molecule has 0 fully saturated rings. The Morgan fingerprint density at radius 2 is 2.00 bits per heavy atom. The number of para-hydroxylation sites is 1. The molecule has 0 aliphatic rings. The smallest absolute Gasteiger partial charge is 0.266 e. The van der Waals surface area contributed by atoms with E-state index in [1.54, 1.807) is 47.4 Å². The Labute approximate surface area is 201 Å². The van der Waals surface area contributed by atoms with Crippen molar-refractivity contribution in [1.82, 2.24) is 9.88 Å². The first-order valence-electron chi connectivity index (χ1n) is 10.5. The van der Waals surface area contributed by atoms with Crippen LogP contribution in [0.15, 0.2) is 77.0 Å². The largest absolute Gasteiger partial charge is 0.467 e. The summed E-state index contributed by atoms with van der Waals surface area (Å²) in [5.74, 6) is -0.0773. The lowest BCUT2D eigenvalue weighted by molar-refractivity contribution is -0.121. The van der Waals surface area contributed by atoms with Crippen molar-refractivity contribution in [2.75, 3.05) is 5.32 Å². The fourth-order valence-corrected chi connectivity index (χ4v) is 3.68. The Hall–Kier alpha value is -4.28. The van der Waals surface area contributed by atoms with Crippen LogP contribution in [-0.2, 0) is 22.7 Å². The molecular weight excluding hydrogens is 452 g/mol. The molecule has 0 aliphatic carbocycles. The third kappa shape index (κ3) is 5.20. The Balaban J connectivity index is 1.56. The third-order valence-electron chi connectivity index (χ3n) is 5.27. The molecule has 34 heavy (non-hydrogen) atoms. The first-order valence-corrected chi connectivity index (χ1v) is 10.9. The summed E-state index contributed by atoms with van der Waals surface area (Å²) >= 11 is 6.13. The van der Waals surface area contributed by atoms with Gasteiger partial charge in [-0.3, -0.25) is 9.59 Å². The Kier molecular flexibility index (Phi) is 6.81. The molecule has 7 nitrogen and oxygen atoms in total. The summed E-state index contributed by atoms with van der Waals surface area (Å²) in [5.41, 5.74) is 2.78. The van der Waals surface area contributed by atoms with E-state index in [4.69, 9.17) is 16.0 Å². The van der Waals surface area contributed by atoms with Crippen LogP contribution in [-0.4, -0.2) is 16.4 Å². The average molecular weight is 473 g/mol. The highest BCUT2D eigenvalue weighted by Gasteiger charge is 2.14. The summed E-state index contributed by atoms with van der Waals surface area (Å²) in [4.78, 5) is 25.2. The van der Waals surface area contributed by atoms with Crippen LogP contribution in [0.25, 0.3) is 17.0 Å². The van der Waals surface area contributed by atoms with E-state index < -0.39 is 5.91 Å². The van der Waals surface area contributed by atoms with Crippen molar-refractivity contribution >= 4 is 46.1 Å². The summed E-state index contributed by atoms with van der Waals surface area (Å²) in [6.07, 6.45) is 4.82. The molecule has 2 amide bonds. The van der Waals surface area contributed by atoms with Crippen LogP contribution >= 0.6 is 11.6 Å². The number of aromatic nitrogens is 1. The Bertz CT molecular complexity index is 1430. The highest BCUT2D eigenvalue weighted by molar-refractivity contribution is 6.31. The van der Waals surface area contributed by atoms with Gasteiger partial charge < -0.3 is 19.6 Å². The fourth-order valence-electron chi connectivity index (χ4n) is 3.50. The second-order valence-electron chi connectivity index (χ2n) is 7.67. The molecule has 0 spiro atoms. The number of hydrogen-bond donors (Lipinski definition) is 2. The van der Waals surface area contributed by atoms with Crippen molar-refractivity contribution in [2.45, 2.75) is 20.0 Å². The molecule has 0 atom stereocenters. The van der Waals surface area contributed by atoms with Crippen molar-refractivity contribution in [3.63, 3.8) is 0 Å². The maximum absolute atomic E-state index is 12.7. The van der Waals surface area contributed by atoms with E-state index in [0.717, 1.165) is 16.5 Å². The van der Waals surface area contributed by atoms with Gasteiger partial charge in [-0.25, -0.2) is 0 Å². The zero-order valence-electron chi connectivity index (χ0n) is 18.3. The lowest BCUT2D eigenvalue weighted by Gasteiger charge is -2.06. The minimum Gasteiger partial charge on any atom is -0.467 e. The Morgan fingerprint density at radius 3 is 2.74 bits per heavy atom. The number of carbonyl (C=O) groups excluding carboxylic acids is 2.